The Hall–Kier alpha value is -3.03. The van der Waals surface area contributed by atoms with Crippen molar-refractivity contribution in [2.24, 2.45) is 5.84 Å². The smallest absolute Gasteiger partial charge is 0.286 e. The number of ketones is 1. The standard InChI is InChI=1S/C22H15ClF7N3O2S/c1-10-6-13(20(24,21(25,26)27)22(28,29)30)7-11(2)16(10)33(31)19(35)15-9-36-18(32-15)17(34)12-4-3-5-14(23)8-12/h3-9H,31H2,1-2H3. The highest BCUT2D eigenvalue weighted by atomic mass is 35.5. The molecule has 5 nitrogen and oxygen atoms in total. The van der Waals surface area contributed by atoms with Gasteiger partial charge in [0.25, 0.3) is 5.91 Å². The lowest BCUT2D eigenvalue weighted by Crippen LogP contribution is -2.50. The number of hydrogen-bond acceptors (Lipinski definition) is 5. The summed E-state index contributed by atoms with van der Waals surface area (Å²) in [6, 6.07) is 6.61. The van der Waals surface area contributed by atoms with Crippen LogP contribution in [0.25, 0.3) is 0 Å². The van der Waals surface area contributed by atoms with Crippen molar-refractivity contribution in [1.82, 2.24) is 4.98 Å². The van der Waals surface area contributed by atoms with Crippen molar-refractivity contribution in [3.63, 3.8) is 0 Å². The van der Waals surface area contributed by atoms with Crippen molar-refractivity contribution in [2.75, 3.05) is 5.01 Å². The van der Waals surface area contributed by atoms with E-state index in [1.165, 1.54) is 23.6 Å². The third kappa shape index (κ3) is 4.82. The van der Waals surface area contributed by atoms with E-state index in [1.807, 2.05) is 0 Å². The summed E-state index contributed by atoms with van der Waals surface area (Å²) in [4.78, 5) is 29.4. The maximum absolute atomic E-state index is 14.5. The molecule has 14 heteroatoms. The average Bonchev–Trinajstić information content (AvgIpc) is 3.25. The van der Waals surface area contributed by atoms with Gasteiger partial charge in [-0.1, -0.05) is 35.9 Å². The summed E-state index contributed by atoms with van der Waals surface area (Å²) < 4.78 is 93.4. The second-order valence-electron chi connectivity index (χ2n) is 7.67. The zero-order chi connectivity index (χ0) is 27.2. The molecule has 192 valence electrons. The molecule has 0 bridgehead atoms. The highest BCUT2D eigenvalue weighted by molar-refractivity contribution is 7.12. The number of rotatable bonds is 5. The topological polar surface area (TPSA) is 76.3 Å². The molecule has 3 aromatic rings. The fourth-order valence-electron chi connectivity index (χ4n) is 3.48. The van der Waals surface area contributed by atoms with Gasteiger partial charge in [-0.3, -0.25) is 9.59 Å². The van der Waals surface area contributed by atoms with Crippen LogP contribution < -0.4 is 10.9 Å². The van der Waals surface area contributed by atoms with Crippen molar-refractivity contribution in [1.29, 1.82) is 0 Å². The number of nitrogens with zero attached hydrogens (tertiary/aromatic N) is 2. The molecule has 1 aromatic heterocycles. The third-order valence-electron chi connectivity index (χ3n) is 5.13. The zero-order valence-corrected chi connectivity index (χ0v) is 19.8. The quantitative estimate of drug-likeness (QED) is 0.129. The first-order valence-electron chi connectivity index (χ1n) is 9.78. The van der Waals surface area contributed by atoms with Crippen molar-refractivity contribution in [2.45, 2.75) is 31.9 Å². The Morgan fingerprint density at radius 2 is 1.53 bits per heavy atom. The number of hydrazine groups is 1. The molecule has 2 N–H and O–H groups in total. The van der Waals surface area contributed by atoms with Crippen LogP contribution in [0.15, 0.2) is 41.8 Å². The van der Waals surface area contributed by atoms with E-state index < -0.39 is 35.3 Å². The molecule has 0 aliphatic heterocycles. The molecule has 36 heavy (non-hydrogen) atoms. The van der Waals surface area contributed by atoms with Crippen molar-refractivity contribution < 1.29 is 40.3 Å². The first kappa shape index (κ1) is 27.6. The van der Waals surface area contributed by atoms with Crippen LogP contribution >= 0.6 is 22.9 Å². The highest BCUT2D eigenvalue weighted by Crippen LogP contribution is 2.54. The molecule has 1 amide bonds. The highest BCUT2D eigenvalue weighted by Gasteiger charge is 2.73. The largest absolute Gasteiger partial charge is 0.435 e. The van der Waals surface area contributed by atoms with Crippen LogP contribution in [0.4, 0.5) is 36.4 Å². The van der Waals surface area contributed by atoms with Crippen molar-refractivity contribution in [3.8, 4) is 0 Å². The number of hydrogen-bond donors (Lipinski definition) is 1. The fraction of sp³-hybridized carbons (Fsp3) is 0.227. The molecule has 3 rings (SSSR count). The van der Waals surface area contributed by atoms with Crippen LogP contribution in [0.3, 0.4) is 0 Å². The van der Waals surface area contributed by atoms with Gasteiger partial charge in [-0.05, 0) is 37.1 Å². The van der Waals surface area contributed by atoms with Crippen LogP contribution in [0.1, 0.15) is 42.5 Å². The molecule has 0 atom stereocenters. The number of nitrogens with two attached hydrogens (primary N) is 1. The number of thiazole rings is 1. The number of halogens is 8. The third-order valence-corrected chi connectivity index (χ3v) is 6.21. The number of amides is 1. The second kappa shape index (κ2) is 9.45. The molecule has 0 spiro atoms. The molecule has 0 aliphatic carbocycles. The van der Waals surface area contributed by atoms with Gasteiger partial charge in [0.2, 0.25) is 5.78 Å². The van der Waals surface area contributed by atoms with Crippen LogP contribution in [0, 0.1) is 13.8 Å². The number of carbonyl (C=O) groups is 2. The lowest BCUT2D eigenvalue weighted by atomic mass is 9.90. The molecule has 0 fully saturated rings. The molecular weight excluding hydrogens is 539 g/mol. The molecular formula is C22H15ClF7N3O2S. The minimum atomic E-state index is -6.30. The minimum Gasteiger partial charge on any atom is -0.286 e. The summed E-state index contributed by atoms with van der Waals surface area (Å²) in [5, 5.41) is 1.87. The predicted octanol–water partition coefficient (Wildman–Crippen LogP) is 6.45. The maximum atomic E-state index is 14.5. The SMILES string of the molecule is Cc1cc(C(F)(C(F)(F)F)C(F)(F)F)cc(C)c1N(N)C(=O)c1csc(C(=O)c2cccc(Cl)c2)n1. The van der Waals surface area contributed by atoms with Gasteiger partial charge in [0.1, 0.15) is 5.69 Å². The number of aryl methyl sites for hydroxylation is 2. The lowest BCUT2D eigenvalue weighted by molar-refractivity contribution is -0.348. The van der Waals surface area contributed by atoms with Crippen LogP contribution in [0.5, 0.6) is 0 Å². The average molecular weight is 554 g/mol. The van der Waals surface area contributed by atoms with Gasteiger partial charge in [-0.15, -0.1) is 11.3 Å². The summed E-state index contributed by atoms with van der Waals surface area (Å²) in [6.07, 6.45) is -12.6. The zero-order valence-electron chi connectivity index (χ0n) is 18.3. The monoisotopic (exact) mass is 553 g/mol. The summed E-state index contributed by atoms with van der Waals surface area (Å²) >= 11 is 6.68. The Morgan fingerprint density at radius 1 is 0.972 bits per heavy atom. The Balaban J connectivity index is 1.96. The van der Waals surface area contributed by atoms with Crippen LogP contribution in [0.2, 0.25) is 5.02 Å². The van der Waals surface area contributed by atoms with E-state index >= 15 is 0 Å². The Morgan fingerprint density at radius 3 is 2.03 bits per heavy atom. The van der Waals surface area contributed by atoms with Gasteiger partial charge in [-0.2, -0.15) is 26.3 Å². The van der Waals surface area contributed by atoms with Crippen LogP contribution in [-0.4, -0.2) is 29.0 Å². The first-order valence-corrected chi connectivity index (χ1v) is 11.0. The Bertz CT molecular complexity index is 1300. The molecule has 0 radical (unpaired) electrons. The van der Waals surface area contributed by atoms with Crippen molar-refractivity contribution >= 4 is 40.3 Å². The Labute approximate surface area is 208 Å². The van der Waals surface area contributed by atoms with E-state index in [0.717, 1.165) is 25.2 Å². The molecule has 0 aliphatic rings. The number of anilines is 1. The van der Waals surface area contributed by atoms with Crippen molar-refractivity contribution in [3.05, 3.63) is 79.8 Å². The van der Waals surface area contributed by atoms with E-state index in [2.05, 4.69) is 4.98 Å². The number of carbonyl (C=O) groups excluding carboxylic acids is 2. The molecule has 1 heterocycles. The first-order chi connectivity index (χ1) is 16.5. The Kier molecular flexibility index (Phi) is 7.23. The summed E-state index contributed by atoms with van der Waals surface area (Å²) in [5.74, 6) is 4.28. The second-order valence-corrected chi connectivity index (χ2v) is 8.96. The molecule has 2 aromatic carbocycles. The van der Waals surface area contributed by atoms with Gasteiger partial charge in [0.05, 0.1) is 5.69 Å². The van der Waals surface area contributed by atoms with E-state index in [0.29, 0.717) is 22.2 Å². The van der Waals surface area contributed by atoms with Gasteiger partial charge < -0.3 is 0 Å². The van der Waals surface area contributed by atoms with Gasteiger partial charge in [-0.25, -0.2) is 20.2 Å². The molecule has 0 saturated heterocycles. The maximum Gasteiger partial charge on any atom is 0.435 e. The van der Waals surface area contributed by atoms with E-state index in [9.17, 15) is 40.3 Å². The normalized spacial score (nSPS) is 12.5. The lowest BCUT2D eigenvalue weighted by Gasteiger charge is -2.31. The summed E-state index contributed by atoms with van der Waals surface area (Å²) in [7, 11) is 0. The minimum absolute atomic E-state index is 0.0876. The number of alkyl halides is 7. The number of aromatic nitrogens is 1. The van der Waals surface area contributed by atoms with E-state index in [1.54, 1.807) is 6.07 Å². The summed E-state index contributed by atoms with van der Waals surface area (Å²) in [6.45, 7) is 2.14. The van der Waals surface area contributed by atoms with Gasteiger partial charge >= 0.3 is 18.0 Å². The van der Waals surface area contributed by atoms with Gasteiger partial charge in [0, 0.05) is 21.5 Å². The summed E-state index contributed by atoms with van der Waals surface area (Å²) in [5.41, 5.74) is -8.37. The van der Waals surface area contributed by atoms with E-state index in [4.69, 9.17) is 17.4 Å². The van der Waals surface area contributed by atoms with E-state index in [-0.39, 0.29) is 33.1 Å². The van der Waals surface area contributed by atoms with Crippen LogP contribution in [-0.2, 0) is 5.67 Å². The van der Waals surface area contributed by atoms with Gasteiger partial charge in [0.15, 0.2) is 5.01 Å². The number of benzene rings is 2. The molecule has 0 unspecified atom stereocenters. The molecule has 0 saturated carbocycles. The predicted molar refractivity (Wildman–Crippen MR) is 119 cm³/mol. The fourth-order valence-corrected chi connectivity index (χ4v) is 4.42.